The zero-order valence-electron chi connectivity index (χ0n) is 13.3. The molecule has 2 aromatic rings. The van der Waals surface area contributed by atoms with Crippen molar-refractivity contribution >= 4 is 35.1 Å². The standard InChI is InChI=1S/C19H15Cl2NO3/c20-12-6-7-14(16(21)10-12)17(23)22-9-3-8-19(11-22)15-5-2-1-4-13(15)18(24)25-19/h1-2,4-7,10H,3,8-9,11H2. The van der Waals surface area contributed by atoms with Crippen LogP contribution < -0.4 is 0 Å². The smallest absolute Gasteiger partial charge is 0.339 e. The van der Waals surface area contributed by atoms with E-state index in [0.717, 1.165) is 12.0 Å². The number of piperidine rings is 1. The van der Waals surface area contributed by atoms with Gasteiger partial charge in [-0.2, -0.15) is 0 Å². The summed E-state index contributed by atoms with van der Waals surface area (Å²) >= 11 is 12.1. The van der Waals surface area contributed by atoms with Gasteiger partial charge >= 0.3 is 5.97 Å². The van der Waals surface area contributed by atoms with E-state index in [1.807, 2.05) is 18.2 Å². The van der Waals surface area contributed by atoms with E-state index in [1.54, 1.807) is 29.2 Å². The molecule has 1 saturated heterocycles. The summed E-state index contributed by atoms with van der Waals surface area (Å²) in [7, 11) is 0. The maximum absolute atomic E-state index is 12.9. The van der Waals surface area contributed by atoms with Gasteiger partial charge in [0, 0.05) is 17.1 Å². The Bertz CT molecular complexity index is 883. The monoisotopic (exact) mass is 375 g/mol. The van der Waals surface area contributed by atoms with Gasteiger partial charge in [-0.05, 0) is 37.1 Å². The average molecular weight is 376 g/mol. The first-order chi connectivity index (χ1) is 12.0. The van der Waals surface area contributed by atoms with E-state index in [1.165, 1.54) is 0 Å². The predicted molar refractivity (Wildman–Crippen MR) is 95.1 cm³/mol. The lowest BCUT2D eigenvalue weighted by Crippen LogP contribution is -2.48. The summed E-state index contributed by atoms with van der Waals surface area (Å²) in [6.07, 6.45) is 1.45. The third kappa shape index (κ3) is 2.70. The Morgan fingerprint density at radius 3 is 2.76 bits per heavy atom. The molecule has 2 aromatic carbocycles. The second-order valence-electron chi connectivity index (χ2n) is 6.38. The molecule has 0 aliphatic carbocycles. The van der Waals surface area contributed by atoms with Gasteiger partial charge in [-0.25, -0.2) is 4.79 Å². The number of benzene rings is 2. The normalized spacial score (nSPS) is 22.0. The number of ether oxygens (including phenoxy) is 1. The second-order valence-corrected chi connectivity index (χ2v) is 7.23. The first kappa shape index (κ1) is 16.4. The summed E-state index contributed by atoms with van der Waals surface area (Å²) in [5.41, 5.74) is 1.09. The van der Waals surface area contributed by atoms with Crippen LogP contribution in [0.25, 0.3) is 0 Å². The number of rotatable bonds is 1. The first-order valence-electron chi connectivity index (χ1n) is 8.07. The summed E-state index contributed by atoms with van der Waals surface area (Å²) in [4.78, 5) is 26.8. The van der Waals surface area contributed by atoms with Crippen LogP contribution in [0.1, 0.15) is 39.1 Å². The molecule has 1 spiro atoms. The average Bonchev–Trinajstić information content (AvgIpc) is 2.87. The molecule has 2 heterocycles. The van der Waals surface area contributed by atoms with Gasteiger partial charge in [-0.3, -0.25) is 4.79 Å². The van der Waals surface area contributed by atoms with Gasteiger partial charge in [0.05, 0.1) is 22.7 Å². The highest BCUT2D eigenvalue weighted by atomic mass is 35.5. The number of fused-ring (bicyclic) bond motifs is 2. The summed E-state index contributed by atoms with van der Waals surface area (Å²) in [6.45, 7) is 0.923. The molecule has 1 fully saturated rings. The fourth-order valence-corrected chi connectivity index (χ4v) is 4.17. The van der Waals surface area contributed by atoms with Crippen molar-refractivity contribution in [2.45, 2.75) is 18.4 Å². The summed E-state index contributed by atoms with van der Waals surface area (Å²) in [5, 5.41) is 0.802. The molecule has 25 heavy (non-hydrogen) atoms. The molecule has 1 atom stereocenters. The van der Waals surface area contributed by atoms with Gasteiger partial charge in [0.1, 0.15) is 0 Å². The molecule has 2 aliphatic rings. The van der Waals surface area contributed by atoms with Crippen LogP contribution in [0.2, 0.25) is 10.0 Å². The second kappa shape index (κ2) is 6.04. The Morgan fingerprint density at radius 1 is 1.16 bits per heavy atom. The Balaban J connectivity index is 1.66. The maximum atomic E-state index is 12.9. The van der Waals surface area contributed by atoms with E-state index in [-0.39, 0.29) is 11.9 Å². The zero-order chi connectivity index (χ0) is 17.6. The molecule has 0 N–H and O–H groups in total. The fraction of sp³-hybridized carbons (Fsp3) is 0.263. The molecule has 0 saturated carbocycles. The van der Waals surface area contributed by atoms with Crippen molar-refractivity contribution in [2.75, 3.05) is 13.1 Å². The Labute approximate surface area is 155 Å². The molecule has 1 unspecified atom stereocenters. The third-order valence-electron chi connectivity index (χ3n) is 4.83. The Hall–Kier alpha value is -2.04. The van der Waals surface area contributed by atoms with Gasteiger partial charge in [0.15, 0.2) is 5.60 Å². The van der Waals surface area contributed by atoms with Gasteiger partial charge in [0.2, 0.25) is 0 Å². The van der Waals surface area contributed by atoms with Crippen molar-refractivity contribution in [3.8, 4) is 0 Å². The maximum Gasteiger partial charge on any atom is 0.339 e. The number of hydrogen-bond acceptors (Lipinski definition) is 3. The lowest BCUT2D eigenvalue weighted by molar-refractivity contribution is -0.0442. The number of carbonyl (C=O) groups excluding carboxylic acids is 2. The molecule has 128 valence electrons. The minimum Gasteiger partial charge on any atom is -0.449 e. The number of halogens is 2. The van der Waals surface area contributed by atoms with E-state index in [0.29, 0.717) is 40.7 Å². The molecule has 0 aromatic heterocycles. The largest absolute Gasteiger partial charge is 0.449 e. The van der Waals surface area contributed by atoms with Crippen LogP contribution in [0.4, 0.5) is 0 Å². The van der Waals surface area contributed by atoms with Crippen LogP contribution in [0.3, 0.4) is 0 Å². The van der Waals surface area contributed by atoms with Gasteiger partial charge < -0.3 is 9.64 Å². The van der Waals surface area contributed by atoms with Crippen LogP contribution in [0.15, 0.2) is 42.5 Å². The molecular weight excluding hydrogens is 361 g/mol. The minimum atomic E-state index is -0.763. The van der Waals surface area contributed by atoms with E-state index in [2.05, 4.69) is 0 Å². The number of nitrogens with zero attached hydrogens (tertiary/aromatic N) is 1. The zero-order valence-corrected chi connectivity index (χ0v) is 14.8. The van der Waals surface area contributed by atoms with Gasteiger partial charge in [-0.15, -0.1) is 0 Å². The van der Waals surface area contributed by atoms with Crippen molar-refractivity contribution in [1.29, 1.82) is 0 Å². The van der Waals surface area contributed by atoms with Crippen LogP contribution in [-0.4, -0.2) is 29.9 Å². The Morgan fingerprint density at radius 2 is 1.96 bits per heavy atom. The Kier molecular flexibility index (Phi) is 3.97. The van der Waals surface area contributed by atoms with Crippen LogP contribution in [0, 0.1) is 0 Å². The fourth-order valence-electron chi connectivity index (χ4n) is 3.68. The molecule has 1 amide bonds. The number of carbonyl (C=O) groups is 2. The summed E-state index contributed by atoms with van der Waals surface area (Å²) in [5.74, 6) is -0.504. The van der Waals surface area contributed by atoms with E-state index in [4.69, 9.17) is 27.9 Å². The molecule has 4 rings (SSSR count). The number of esters is 1. The van der Waals surface area contributed by atoms with Crippen molar-refractivity contribution in [1.82, 2.24) is 4.90 Å². The molecule has 0 bridgehead atoms. The highest BCUT2D eigenvalue weighted by Crippen LogP contribution is 2.43. The number of likely N-dealkylation sites (tertiary alicyclic amines) is 1. The number of amides is 1. The highest BCUT2D eigenvalue weighted by Gasteiger charge is 2.48. The highest BCUT2D eigenvalue weighted by molar-refractivity contribution is 6.36. The lowest BCUT2D eigenvalue weighted by atomic mass is 9.85. The molecule has 4 nitrogen and oxygen atoms in total. The van der Waals surface area contributed by atoms with E-state index >= 15 is 0 Å². The molecule has 0 radical (unpaired) electrons. The van der Waals surface area contributed by atoms with Crippen molar-refractivity contribution in [3.63, 3.8) is 0 Å². The van der Waals surface area contributed by atoms with E-state index < -0.39 is 5.60 Å². The third-order valence-corrected chi connectivity index (χ3v) is 5.38. The molecular formula is C19H15Cl2NO3. The van der Waals surface area contributed by atoms with Crippen molar-refractivity contribution < 1.29 is 14.3 Å². The summed E-state index contributed by atoms with van der Waals surface area (Å²) < 4.78 is 5.74. The van der Waals surface area contributed by atoms with Crippen molar-refractivity contribution in [3.05, 3.63) is 69.2 Å². The van der Waals surface area contributed by atoms with Crippen LogP contribution in [0.5, 0.6) is 0 Å². The van der Waals surface area contributed by atoms with E-state index in [9.17, 15) is 9.59 Å². The number of hydrogen-bond donors (Lipinski definition) is 0. The van der Waals surface area contributed by atoms with Crippen LogP contribution in [-0.2, 0) is 10.3 Å². The topological polar surface area (TPSA) is 46.6 Å². The first-order valence-corrected chi connectivity index (χ1v) is 8.83. The SMILES string of the molecule is O=C1OC2(CCCN(C(=O)c3ccc(Cl)cc3Cl)C2)c2ccccc21. The molecule has 6 heteroatoms. The minimum absolute atomic E-state index is 0.179. The van der Waals surface area contributed by atoms with Gasteiger partial charge in [0.25, 0.3) is 5.91 Å². The summed E-state index contributed by atoms with van der Waals surface area (Å²) in [6, 6.07) is 12.2. The van der Waals surface area contributed by atoms with Crippen LogP contribution >= 0.6 is 23.2 Å². The molecule has 2 aliphatic heterocycles. The lowest BCUT2D eigenvalue weighted by Gasteiger charge is -2.39. The quantitative estimate of drug-likeness (QED) is 0.698. The van der Waals surface area contributed by atoms with Crippen molar-refractivity contribution in [2.24, 2.45) is 0 Å². The van der Waals surface area contributed by atoms with Gasteiger partial charge in [-0.1, -0.05) is 41.4 Å². The predicted octanol–water partition coefficient (Wildman–Crippen LogP) is 4.30.